The van der Waals surface area contributed by atoms with Gasteiger partial charge in [0, 0.05) is 10.5 Å². The first-order chi connectivity index (χ1) is 8.97. The van der Waals surface area contributed by atoms with Gasteiger partial charge in [0.2, 0.25) is 0 Å². The average molecular weight is 330 g/mol. The average Bonchev–Trinajstić information content (AvgIpc) is 2.80. The number of carboxylic acids is 1. The highest BCUT2D eigenvalue weighted by atomic mass is 79.9. The molecule has 0 heterocycles. The van der Waals surface area contributed by atoms with E-state index in [0.29, 0.717) is 23.7 Å². The first-order valence-corrected chi connectivity index (χ1v) is 6.75. The van der Waals surface area contributed by atoms with Crippen molar-refractivity contribution in [1.82, 2.24) is 5.32 Å². The number of rotatable bonds is 3. The van der Waals surface area contributed by atoms with E-state index in [1.165, 1.54) is 18.2 Å². The third kappa shape index (κ3) is 3.32. The summed E-state index contributed by atoms with van der Waals surface area (Å²) in [6.45, 7) is 0. The number of nitrogens with one attached hydrogen (secondary N) is 1. The van der Waals surface area contributed by atoms with Gasteiger partial charge >= 0.3 is 5.97 Å². The summed E-state index contributed by atoms with van der Waals surface area (Å²) in [7, 11) is 0. The number of aliphatic carboxylic acids is 1. The molecule has 4 nitrogen and oxygen atoms in total. The highest BCUT2D eigenvalue weighted by Gasteiger charge is 2.31. The molecule has 2 N–H and O–H groups in total. The summed E-state index contributed by atoms with van der Waals surface area (Å²) in [5.41, 5.74) is -0.0341. The van der Waals surface area contributed by atoms with E-state index in [4.69, 9.17) is 5.11 Å². The van der Waals surface area contributed by atoms with Gasteiger partial charge in [0.05, 0.1) is 11.5 Å². The minimum Gasteiger partial charge on any atom is -0.481 e. The van der Waals surface area contributed by atoms with E-state index >= 15 is 0 Å². The SMILES string of the molecule is O=C(NC1CCC(C(=O)O)C1)c1cc(Br)ccc1F. The summed E-state index contributed by atoms with van der Waals surface area (Å²) in [5, 5.41) is 11.6. The second kappa shape index (κ2) is 5.69. The molecule has 1 aromatic carbocycles. The standard InChI is InChI=1S/C13H13BrFNO3/c14-8-2-4-11(15)10(6-8)12(17)16-9-3-1-7(5-9)13(18)19/h2,4,6-7,9H,1,3,5H2,(H,16,17)(H,18,19). The third-order valence-electron chi connectivity index (χ3n) is 3.29. The molecule has 0 bridgehead atoms. The fraction of sp³-hybridized carbons (Fsp3) is 0.385. The predicted molar refractivity (Wildman–Crippen MR) is 70.3 cm³/mol. The van der Waals surface area contributed by atoms with Crippen LogP contribution in [0.1, 0.15) is 29.6 Å². The van der Waals surface area contributed by atoms with E-state index < -0.39 is 23.6 Å². The van der Waals surface area contributed by atoms with E-state index in [2.05, 4.69) is 21.2 Å². The molecular weight excluding hydrogens is 317 g/mol. The lowest BCUT2D eigenvalue weighted by Crippen LogP contribution is -2.33. The maximum atomic E-state index is 13.5. The number of carbonyl (C=O) groups is 2. The molecule has 2 unspecified atom stereocenters. The van der Waals surface area contributed by atoms with Crippen molar-refractivity contribution >= 4 is 27.8 Å². The quantitative estimate of drug-likeness (QED) is 0.895. The van der Waals surface area contributed by atoms with Gasteiger partial charge in [-0.1, -0.05) is 15.9 Å². The predicted octanol–water partition coefficient (Wildman–Crippen LogP) is 2.57. The van der Waals surface area contributed by atoms with Crippen LogP contribution in [0.4, 0.5) is 4.39 Å². The van der Waals surface area contributed by atoms with E-state index in [1.807, 2.05) is 0 Å². The Labute approximate surface area is 118 Å². The molecule has 6 heteroatoms. The number of hydrogen-bond donors (Lipinski definition) is 2. The van der Waals surface area contributed by atoms with Gasteiger partial charge in [0.15, 0.2) is 0 Å². The minimum atomic E-state index is -0.842. The summed E-state index contributed by atoms with van der Waals surface area (Å²) in [5.74, 6) is -2.36. The van der Waals surface area contributed by atoms with E-state index in [9.17, 15) is 14.0 Å². The van der Waals surface area contributed by atoms with Crippen molar-refractivity contribution in [3.63, 3.8) is 0 Å². The van der Waals surface area contributed by atoms with Crippen LogP contribution in [0.3, 0.4) is 0 Å². The number of benzene rings is 1. The third-order valence-corrected chi connectivity index (χ3v) is 3.78. The van der Waals surface area contributed by atoms with Gasteiger partial charge in [-0.2, -0.15) is 0 Å². The van der Waals surface area contributed by atoms with Crippen LogP contribution in [0, 0.1) is 11.7 Å². The van der Waals surface area contributed by atoms with Crippen molar-refractivity contribution in [1.29, 1.82) is 0 Å². The van der Waals surface area contributed by atoms with Gasteiger partial charge in [0.25, 0.3) is 5.91 Å². The minimum absolute atomic E-state index is 0.0341. The Balaban J connectivity index is 2.02. The lowest BCUT2D eigenvalue weighted by Gasteiger charge is -2.13. The van der Waals surface area contributed by atoms with Crippen molar-refractivity contribution in [3.8, 4) is 0 Å². The van der Waals surface area contributed by atoms with Gasteiger partial charge in [-0.05, 0) is 37.5 Å². The lowest BCUT2D eigenvalue weighted by molar-refractivity contribution is -0.141. The molecule has 102 valence electrons. The zero-order chi connectivity index (χ0) is 14.0. The number of carbonyl (C=O) groups excluding carboxylic acids is 1. The van der Waals surface area contributed by atoms with E-state index in [1.54, 1.807) is 0 Å². The van der Waals surface area contributed by atoms with Crippen LogP contribution in [0.15, 0.2) is 22.7 Å². The highest BCUT2D eigenvalue weighted by molar-refractivity contribution is 9.10. The Morgan fingerprint density at radius 2 is 2.11 bits per heavy atom. The second-order valence-electron chi connectivity index (χ2n) is 4.64. The molecule has 1 fully saturated rings. The van der Waals surface area contributed by atoms with Crippen LogP contribution in [0.2, 0.25) is 0 Å². The Morgan fingerprint density at radius 3 is 2.74 bits per heavy atom. The van der Waals surface area contributed by atoms with Crippen molar-refractivity contribution < 1.29 is 19.1 Å². The van der Waals surface area contributed by atoms with Crippen molar-refractivity contribution in [2.75, 3.05) is 0 Å². The Kier molecular flexibility index (Phi) is 4.19. The molecule has 0 aliphatic heterocycles. The van der Waals surface area contributed by atoms with Crippen LogP contribution in [-0.2, 0) is 4.79 Å². The molecule has 2 atom stereocenters. The molecule has 0 radical (unpaired) electrons. The molecule has 2 rings (SSSR count). The molecule has 1 aliphatic carbocycles. The molecule has 1 aliphatic rings. The van der Waals surface area contributed by atoms with Gasteiger partial charge in [-0.25, -0.2) is 4.39 Å². The van der Waals surface area contributed by atoms with Crippen LogP contribution in [-0.4, -0.2) is 23.0 Å². The van der Waals surface area contributed by atoms with Crippen LogP contribution < -0.4 is 5.32 Å². The fourth-order valence-electron chi connectivity index (χ4n) is 2.27. The number of amides is 1. The van der Waals surface area contributed by atoms with Gasteiger partial charge in [-0.3, -0.25) is 9.59 Å². The summed E-state index contributed by atoms with van der Waals surface area (Å²) in [4.78, 5) is 22.8. The zero-order valence-corrected chi connectivity index (χ0v) is 11.6. The topological polar surface area (TPSA) is 66.4 Å². The molecule has 1 amide bonds. The van der Waals surface area contributed by atoms with E-state index in [-0.39, 0.29) is 11.6 Å². The first-order valence-electron chi connectivity index (χ1n) is 5.96. The normalized spacial score (nSPS) is 22.2. The van der Waals surface area contributed by atoms with Crippen molar-refractivity contribution in [2.24, 2.45) is 5.92 Å². The molecule has 1 saturated carbocycles. The van der Waals surface area contributed by atoms with Crippen LogP contribution in [0.25, 0.3) is 0 Å². The van der Waals surface area contributed by atoms with Gasteiger partial charge < -0.3 is 10.4 Å². The van der Waals surface area contributed by atoms with Crippen molar-refractivity contribution in [2.45, 2.75) is 25.3 Å². The van der Waals surface area contributed by atoms with Crippen molar-refractivity contribution in [3.05, 3.63) is 34.1 Å². The molecule has 0 aromatic heterocycles. The zero-order valence-electron chi connectivity index (χ0n) is 10.0. The van der Waals surface area contributed by atoms with Gasteiger partial charge in [0.1, 0.15) is 5.82 Å². The van der Waals surface area contributed by atoms with E-state index in [0.717, 1.165) is 0 Å². The number of halogens is 2. The summed E-state index contributed by atoms with van der Waals surface area (Å²) < 4.78 is 14.1. The highest BCUT2D eigenvalue weighted by Crippen LogP contribution is 2.26. The maximum absolute atomic E-state index is 13.5. The molecule has 19 heavy (non-hydrogen) atoms. The Bertz CT molecular complexity index is 521. The Hall–Kier alpha value is -1.43. The number of hydrogen-bond acceptors (Lipinski definition) is 2. The smallest absolute Gasteiger partial charge is 0.306 e. The lowest BCUT2D eigenvalue weighted by atomic mass is 10.1. The molecule has 0 spiro atoms. The fourth-order valence-corrected chi connectivity index (χ4v) is 2.63. The summed E-state index contributed by atoms with van der Waals surface area (Å²) in [6.07, 6.45) is 1.55. The summed E-state index contributed by atoms with van der Waals surface area (Å²) >= 11 is 3.18. The summed E-state index contributed by atoms with van der Waals surface area (Å²) in [6, 6.07) is 3.94. The molecule has 0 saturated heterocycles. The maximum Gasteiger partial charge on any atom is 0.306 e. The number of carboxylic acid groups (broad SMARTS) is 1. The van der Waals surface area contributed by atoms with Gasteiger partial charge in [-0.15, -0.1) is 0 Å². The molecule has 1 aromatic rings. The van der Waals surface area contributed by atoms with Crippen LogP contribution in [0.5, 0.6) is 0 Å². The largest absolute Gasteiger partial charge is 0.481 e. The second-order valence-corrected chi connectivity index (χ2v) is 5.56. The Morgan fingerprint density at radius 1 is 1.37 bits per heavy atom. The first kappa shape index (κ1) is 14.0. The monoisotopic (exact) mass is 329 g/mol. The molecular formula is C13H13BrFNO3. The van der Waals surface area contributed by atoms with Crippen LogP contribution >= 0.6 is 15.9 Å².